The highest BCUT2D eigenvalue weighted by atomic mass is 16.2. The van der Waals surface area contributed by atoms with Crippen LogP contribution in [0.3, 0.4) is 0 Å². The van der Waals surface area contributed by atoms with Gasteiger partial charge in [-0.15, -0.1) is 0 Å². The molecule has 0 saturated carbocycles. The van der Waals surface area contributed by atoms with Crippen LogP contribution < -0.4 is 0 Å². The summed E-state index contributed by atoms with van der Waals surface area (Å²) in [7, 11) is 0. The summed E-state index contributed by atoms with van der Waals surface area (Å²) >= 11 is 0. The van der Waals surface area contributed by atoms with Crippen LogP contribution in [0.15, 0.2) is 55.2 Å². The Morgan fingerprint density at radius 1 is 1.27 bits per heavy atom. The van der Waals surface area contributed by atoms with Crippen LogP contribution in [-0.2, 0) is 6.54 Å². The van der Waals surface area contributed by atoms with Crippen LogP contribution in [0.4, 0.5) is 0 Å². The molecule has 0 aliphatic carbocycles. The standard InChI is InChI=1S/C20H23N5O/c1-16-11-22-25(13-16)18-6-3-10-24(15-18)20(26)19-7-4-9-23(19)14-17-5-2-8-21-12-17/h2,4-5,7-9,11-13,18H,3,6,10,14-15H2,1H3/t18-/m1/s1. The Kier molecular flexibility index (Phi) is 4.56. The van der Waals surface area contributed by atoms with Crippen LogP contribution in [0.2, 0.25) is 0 Å². The molecule has 1 fully saturated rings. The number of amides is 1. The third-order valence-corrected chi connectivity index (χ3v) is 4.91. The predicted octanol–water partition coefficient (Wildman–Crippen LogP) is 2.91. The van der Waals surface area contributed by atoms with Crippen molar-refractivity contribution in [2.75, 3.05) is 13.1 Å². The van der Waals surface area contributed by atoms with Crippen molar-refractivity contribution in [1.82, 2.24) is 24.2 Å². The number of piperidine rings is 1. The Balaban J connectivity index is 1.50. The number of rotatable bonds is 4. The van der Waals surface area contributed by atoms with Gasteiger partial charge in [-0.2, -0.15) is 5.10 Å². The summed E-state index contributed by atoms with van der Waals surface area (Å²) < 4.78 is 4.00. The maximum Gasteiger partial charge on any atom is 0.270 e. The van der Waals surface area contributed by atoms with Gasteiger partial charge in [0.15, 0.2) is 0 Å². The van der Waals surface area contributed by atoms with E-state index in [-0.39, 0.29) is 11.9 Å². The largest absolute Gasteiger partial charge is 0.339 e. The number of nitrogens with zero attached hydrogens (tertiary/aromatic N) is 5. The van der Waals surface area contributed by atoms with Gasteiger partial charge in [0.2, 0.25) is 0 Å². The van der Waals surface area contributed by atoms with Crippen LogP contribution in [0, 0.1) is 6.92 Å². The average molecular weight is 349 g/mol. The fourth-order valence-corrected chi connectivity index (χ4v) is 3.58. The summed E-state index contributed by atoms with van der Waals surface area (Å²) in [5.74, 6) is 0.0902. The molecule has 0 N–H and O–H groups in total. The summed E-state index contributed by atoms with van der Waals surface area (Å²) in [6, 6.07) is 8.03. The Labute approximate surface area is 153 Å². The zero-order valence-electron chi connectivity index (χ0n) is 15.0. The van der Waals surface area contributed by atoms with Crippen LogP contribution in [0.1, 0.15) is 40.5 Å². The highest BCUT2D eigenvalue weighted by Gasteiger charge is 2.27. The second kappa shape index (κ2) is 7.15. The van der Waals surface area contributed by atoms with Crippen molar-refractivity contribution in [1.29, 1.82) is 0 Å². The minimum Gasteiger partial charge on any atom is -0.339 e. The number of carbonyl (C=O) groups is 1. The molecular formula is C20H23N5O. The van der Waals surface area contributed by atoms with Gasteiger partial charge in [-0.3, -0.25) is 14.5 Å². The summed E-state index contributed by atoms with van der Waals surface area (Å²) in [5.41, 5.74) is 2.96. The highest BCUT2D eigenvalue weighted by Crippen LogP contribution is 2.23. The van der Waals surface area contributed by atoms with E-state index >= 15 is 0 Å². The Morgan fingerprint density at radius 2 is 2.19 bits per heavy atom. The van der Waals surface area contributed by atoms with Gasteiger partial charge in [0.25, 0.3) is 5.91 Å². The molecule has 0 spiro atoms. The molecule has 6 nitrogen and oxygen atoms in total. The lowest BCUT2D eigenvalue weighted by Crippen LogP contribution is -2.41. The maximum absolute atomic E-state index is 13.1. The van der Waals surface area contributed by atoms with Crippen molar-refractivity contribution >= 4 is 5.91 Å². The van der Waals surface area contributed by atoms with Gasteiger partial charge in [0.1, 0.15) is 5.69 Å². The smallest absolute Gasteiger partial charge is 0.270 e. The van der Waals surface area contributed by atoms with Crippen LogP contribution in [0.25, 0.3) is 0 Å². The van der Waals surface area contributed by atoms with E-state index in [1.807, 2.05) is 63.9 Å². The summed E-state index contributed by atoms with van der Waals surface area (Å²) in [6.45, 7) is 4.20. The number of hydrogen-bond donors (Lipinski definition) is 0. The first kappa shape index (κ1) is 16.6. The SMILES string of the molecule is Cc1cnn([C@@H]2CCCN(C(=O)c3cccn3Cc3cccnc3)C2)c1. The predicted molar refractivity (Wildman–Crippen MR) is 98.9 cm³/mol. The molecule has 1 amide bonds. The van der Waals surface area contributed by atoms with E-state index in [0.29, 0.717) is 13.1 Å². The summed E-state index contributed by atoms with van der Waals surface area (Å²) in [4.78, 5) is 19.2. The van der Waals surface area contributed by atoms with Crippen molar-refractivity contribution in [2.45, 2.75) is 32.4 Å². The molecule has 3 aromatic heterocycles. The van der Waals surface area contributed by atoms with Crippen molar-refractivity contribution in [3.8, 4) is 0 Å². The van der Waals surface area contributed by atoms with Crippen LogP contribution in [-0.4, -0.2) is 43.2 Å². The zero-order chi connectivity index (χ0) is 17.9. The Bertz CT molecular complexity index is 883. The van der Waals surface area contributed by atoms with E-state index in [1.54, 1.807) is 6.20 Å². The average Bonchev–Trinajstić information content (AvgIpc) is 3.31. The second-order valence-electron chi connectivity index (χ2n) is 6.93. The summed E-state index contributed by atoms with van der Waals surface area (Å²) in [6.07, 6.45) is 11.5. The molecule has 3 aromatic rings. The second-order valence-corrected chi connectivity index (χ2v) is 6.93. The third kappa shape index (κ3) is 3.40. The van der Waals surface area contributed by atoms with E-state index in [0.717, 1.165) is 36.2 Å². The highest BCUT2D eigenvalue weighted by molar-refractivity contribution is 5.92. The molecule has 0 bridgehead atoms. The fourth-order valence-electron chi connectivity index (χ4n) is 3.58. The fraction of sp³-hybridized carbons (Fsp3) is 0.350. The summed E-state index contributed by atoms with van der Waals surface area (Å²) in [5, 5.41) is 4.44. The van der Waals surface area contributed by atoms with E-state index < -0.39 is 0 Å². The van der Waals surface area contributed by atoms with Gasteiger partial charge in [-0.1, -0.05) is 6.07 Å². The molecule has 0 radical (unpaired) electrons. The lowest BCUT2D eigenvalue weighted by atomic mass is 10.1. The van der Waals surface area contributed by atoms with Gasteiger partial charge in [-0.25, -0.2) is 0 Å². The maximum atomic E-state index is 13.1. The van der Waals surface area contributed by atoms with Gasteiger partial charge in [0.05, 0.1) is 12.2 Å². The first-order valence-corrected chi connectivity index (χ1v) is 9.05. The van der Waals surface area contributed by atoms with E-state index in [4.69, 9.17) is 0 Å². The topological polar surface area (TPSA) is 56.0 Å². The number of aryl methyl sites for hydroxylation is 1. The molecule has 134 valence electrons. The van der Waals surface area contributed by atoms with Gasteiger partial charge >= 0.3 is 0 Å². The number of likely N-dealkylation sites (tertiary alicyclic amines) is 1. The molecule has 0 aromatic carbocycles. The number of hydrogen-bond acceptors (Lipinski definition) is 3. The van der Waals surface area contributed by atoms with Crippen molar-refractivity contribution in [3.05, 3.63) is 72.1 Å². The first-order valence-electron chi connectivity index (χ1n) is 9.05. The molecule has 26 heavy (non-hydrogen) atoms. The van der Waals surface area contributed by atoms with E-state index in [2.05, 4.69) is 16.3 Å². The van der Waals surface area contributed by atoms with Gasteiger partial charge in [-0.05, 0) is 49.1 Å². The monoisotopic (exact) mass is 349 g/mol. The molecule has 1 atom stereocenters. The number of carbonyl (C=O) groups excluding carboxylic acids is 1. The molecule has 6 heteroatoms. The quantitative estimate of drug-likeness (QED) is 0.728. The number of pyridine rings is 1. The minimum atomic E-state index is 0.0902. The van der Waals surface area contributed by atoms with Crippen molar-refractivity contribution < 1.29 is 4.79 Å². The normalized spacial score (nSPS) is 17.4. The Morgan fingerprint density at radius 3 is 2.96 bits per heavy atom. The third-order valence-electron chi connectivity index (χ3n) is 4.91. The van der Waals surface area contributed by atoms with Gasteiger partial charge < -0.3 is 9.47 Å². The van der Waals surface area contributed by atoms with Crippen molar-refractivity contribution in [2.24, 2.45) is 0 Å². The van der Waals surface area contributed by atoms with E-state index in [9.17, 15) is 4.79 Å². The van der Waals surface area contributed by atoms with E-state index in [1.165, 1.54) is 0 Å². The zero-order valence-corrected chi connectivity index (χ0v) is 15.0. The first-order chi connectivity index (χ1) is 12.7. The van der Waals surface area contributed by atoms with Crippen LogP contribution >= 0.6 is 0 Å². The molecule has 0 unspecified atom stereocenters. The minimum absolute atomic E-state index is 0.0902. The number of aromatic nitrogens is 4. The van der Waals surface area contributed by atoms with Crippen LogP contribution in [0.5, 0.6) is 0 Å². The molecule has 1 aliphatic heterocycles. The Hall–Kier alpha value is -2.89. The molecule has 4 rings (SSSR count). The van der Waals surface area contributed by atoms with Crippen molar-refractivity contribution in [3.63, 3.8) is 0 Å². The lowest BCUT2D eigenvalue weighted by molar-refractivity contribution is 0.0662. The molecule has 4 heterocycles. The molecule has 1 saturated heterocycles. The lowest BCUT2D eigenvalue weighted by Gasteiger charge is -2.33. The molecular weight excluding hydrogens is 326 g/mol. The van der Waals surface area contributed by atoms with Gasteiger partial charge in [0, 0.05) is 44.4 Å². The molecule has 1 aliphatic rings.